The minimum absolute atomic E-state index is 0.140. The van der Waals surface area contributed by atoms with E-state index >= 15 is 0 Å². The molecule has 1 unspecified atom stereocenters. The van der Waals surface area contributed by atoms with E-state index in [1.54, 1.807) is 0 Å². The van der Waals surface area contributed by atoms with Crippen LogP contribution >= 0.6 is 0 Å². The Morgan fingerprint density at radius 1 is 1.57 bits per heavy atom. The molecule has 0 aliphatic carbocycles. The van der Waals surface area contributed by atoms with Gasteiger partial charge in [0.05, 0.1) is 18.2 Å². The van der Waals surface area contributed by atoms with Gasteiger partial charge in [-0.05, 0) is 27.2 Å². The molecule has 0 radical (unpaired) electrons. The van der Waals surface area contributed by atoms with Crippen LogP contribution in [0.25, 0.3) is 0 Å². The van der Waals surface area contributed by atoms with E-state index in [2.05, 4.69) is 13.8 Å². The van der Waals surface area contributed by atoms with Crippen LogP contribution in [-0.2, 0) is 9.53 Å². The molecule has 1 fully saturated rings. The van der Waals surface area contributed by atoms with Gasteiger partial charge in [-0.1, -0.05) is 6.92 Å². The number of hydrogen-bond donors (Lipinski definition) is 0. The van der Waals surface area contributed by atoms with Crippen LogP contribution in [0.1, 0.15) is 40.5 Å². The van der Waals surface area contributed by atoms with E-state index in [1.807, 2.05) is 18.7 Å². The highest BCUT2D eigenvalue weighted by atomic mass is 16.5. The van der Waals surface area contributed by atoms with E-state index in [1.165, 1.54) is 0 Å². The Hall–Kier alpha value is -0.570. The van der Waals surface area contributed by atoms with E-state index in [-0.39, 0.29) is 17.6 Å². The zero-order chi connectivity index (χ0) is 10.8. The summed E-state index contributed by atoms with van der Waals surface area (Å²) in [7, 11) is 0. The molecule has 82 valence electrons. The number of amides is 1. The molecule has 0 aromatic rings. The second-order valence-electron chi connectivity index (χ2n) is 4.69. The molecule has 0 saturated carbocycles. The van der Waals surface area contributed by atoms with E-state index in [0.29, 0.717) is 13.0 Å². The maximum absolute atomic E-state index is 11.8. The Morgan fingerprint density at radius 3 is 2.79 bits per heavy atom. The molecule has 1 atom stereocenters. The molecule has 1 saturated heterocycles. The summed E-state index contributed by atoms with van der Waals surface area (Å²) in [6.45, 7) is 9.55. The van der Waals surface area contributed by atoms with Crippen molar-refractivity contribution in [3.8, 4) is 0 Å². The third-order valence-electron chi connectivity index (χ3n) is 2.66. The summed E-state index contributed by atoms with van der Waals surface area (Å²) in [5, 5.41) is 0. The molecule has 1 amide bonds. The van der Waals surface area contributed by atoms with Crippen LogP contribution in [-0.4, -0.2) is 35.6 Å². The fourth-order valence-electron chi connectivity index (χ4n) is 1.77. The average molecular weight is 199 g/mol. The van der Waals surface area contributed by atoms with Crippen LogP contribution in [0.5, 0.6) is 0 Å². The maximum Gasteiger partial charge on any atom is 0.223 e. The number of rotatable bonds is 2. The topological polar surface area (TPSA) is 29.5 Å². The molecule has 0 N–H and O–H groups in total. The fraction of sp³-hybridized carbons (Fsp3) is 0.909. The molecule has 0 aromatic heterocycles. The van der Waals surface area contributed by atoms with Crippen LogP contribution in [0.3, 0.4) is 0 Å². The van der Waals surface area contributed by atoms with Crippen molar-refractivity contribution >= 4 is 5.91 Å². The van der Waals surface area contributed by atoms with Gasteiger partial charge in [0.15, 0.2) is 0 Å². The zero-order valence-electron chi connectivity index (χ0n) is 9.67. The van der Waals surface area contributed by atoms with Crippen molar-refractivity contribution in [1.29, 1.82) is 0 Å². The molecule has 1 aliphatic heterocycles. The van der Waals surface area contributed by atoms with Gasteiger partial charge in [0, 0.05) is 13.0 Å². The van der Waals surface area contributed by atoms with Gasteiger partial charge in [-0.15, -0.1) is 0 Å². The lowest BCUT2D eigenvalue weighted by atomic mass is 10.00. The summed E-state index contributed by atoms with van der Waals surface area (Å²) in [5.74, 6) is 0.257. The van der Waals surface area contributed by atoms with Crippen LogP contribution in [0.2, 0.25) is 0 Å². The van der Waals surface area contributed by atoms with Gasteiger partial charge >= 0.3 is 0 Å². The molecule has 0 aromatic carbocycles. The van der Waals surface area contributed by atoms with Crippen molar-refractivity contribution < 1.29 is 9.53 Å². The predicted molar refractivity (Wildman–Crippen MR) is 56.1 cm³/mol. The summed E-state index contributed by atoms with van der Waals surface area (Å²) in [6.07, 6.45) is 1.74. The van der Waals surface area contributed by atoms with Crippen LogP contribution < -0.4 is 0 Å². The molecule has 3 heteroatoms. The Balaban J connectivity index is 2.67. The number of ether oxygens (including phenoxy) is 1. The Labute approximate surface area is 86.4 Å². The molecule has 3 nitrogen and oxygen atoms in total. The van der Waals surface area contributed by atoms with E-state index < -0.39 is 0 Å². The second kappa shape index (κ2) is 4.30. The first-order valence-electron chi connectivity index (χ1n) is 5.39. The normalized spacial score (nSPS) is 26.3. The van der Waals surface area contributed by atoms with Gasteiger partial charge in [-0.3, -0.25) is 4.79 Å². The van der Waals surface area contributed by atoms with Crippen LogP contribution in [0, 0.1) is 0 Å². The number of nitrogens with zero attached hydrogens (tertiary/aromatic N) is 1. The standard InChI is InChI=1S/C11H21NO2/c1-5-6-10(13)12-7-9(2)14-8-11(12,3)4/h9H,5-8H2,1-4H3. The first kappa shape index (κ1) is 11.5. The van der Waals surface area contributed by atoms with Crippen LogP contribution in [0.15, 0.2) is 0 Å². The van der Waals surface area contributed by atoms with E-state index in [4.69, 9.17) is 4.74 Å². The Bertz CT molecular complexity index is 213. The zero-order valence-corrected chi connectivity index (χ0v) is 9.67. The van der Waals surface area contributed by atoms with Gasteiger partial charge < -0.3 is 9.64 Å². The number of hydrogen-bond acceptors (Lipinski definition) is 2. The molecule has 1 heterocycles. The predicted octanol–water partition coefficient (Wildman–Crippen LogP) is 1.81. The largest absolute Gasteiger partial charge is 0.374 e. The van der Waals surface area contributed by atoms with Gasteiger partial charge in [-0.2, -0.15) is 0 Å². The molecular formula is C11H21NO2. The Morgan fingerprint density at radius 2 is 2.21 bits per heavy atom. The third kappa shape index (κ3) is 2.47. The quantitative estimate of drug-likeness (QED) is 0.679. The minimum Gasteiger partial charge on any atom is -0.374 e. The SMILES string of the molecule is CCCC(=O)N1CC(C)OCC1(C)C. The fourth-order valence-corrected chi connectivity index (χ4v) is 1.77. The molecule has 0 spiro atoms. The van der Waals surface area contributed by atoms with Gasteiger partial charge in [0.25, 0.3) is 0 Å². The van der Waals surface area contributed by atoms with Crippen molar-refractivity contribution in [3.05, 3.63) is 0 Å². The maximum atomic E-state index is 11.8. The molecule has 1 rings (SSSR count). The number of carbonyl (C=O) groups is 1. The molecule has 14 heavy (non-hydrogen) atoms. The van der Waals surface area contributed by atoms with E-state index in [9.17, 15) is 4.79 Å². The molecule has 0 bridgehead atoms. The lowest BCUT2D eigenvalue weighted by Crippen LogP contribution is -2.57. The molecule has 1 aliphatic rings. The first-order chi connectivity index (χ1) is 6.47. The van der Waals surface area contributed by atoms with Crippen LogP contribution in [0.4, 0.5) is 0 Å². The summed E-state index contributed by atoms with van der Waals surface area (Å²) in [4.78, 5) is 13.8. The lowest BCUT2D eigenvalue weighted by Gasteiger charge is -2.44. The van der Waals surface area contributed by atoms with Gasteiger partial charge in [-0.25, -0.2) is 0 Å². The smallest absolute Gasteiger partial charge is 0.223 e. The van der Waals surface area contributed by atoms with Crippen molar-refractivity contribution in [2.75, 3.05) is 13.2 Å². The van der Waals surface area contributed by atoms with Crippen molar-refractivity contribution in [1.82, 2.24) is 4.90 Å². The number of carbonyl (C=O) groups excluding carboxylic acids is 1. The van der Waals surface area contributed by atoms with Crippen molar-refractivity contribution in [2.24, 2.45) is 0 Å². The monoisotopic (exact) mass is 199 g/mol. The van der Waals surface area contributed by atoms with Gasteiger partial charge in [0.2, 0.25) is 5.91 Å². The minimum atomic E-state index is -0.140. The summed E-state index contributed by atoms with van der Waals surface area (Å²) in [5.41, 5.74) is -0.140. The number of morpholine rings is 1. The summed E-state index contributed by atoms with van der Waals surface area (Å²) in [6, 6.07) is 0. The highest BCUT2D eigenvalue weighted by Crippen LogP contribution is 2.22. The first-order valence-corrected chi connectivity index (χ1v) is 5.39. The highest BCUT2D eigenvalue weighted by Gasteiger charge is 2.35. The lowest BCUT2D eigenvalue weighted by molar-refractivity contribution is -0.152. The Kier molecular flexibility index (Phi) is 3.53. The van der Waals surface area contributed by atoms with E-state index in [0.717, 1.165) is 13.0 Å². The van der Waals surface area contributed by atoms with Gasteiger partial charge in [0.1, 0.15) is 0 Å². The summed E-state index contributed by atoms with van der Waals surface area (Å²) < 4.78 is 5.56. The van der Waals surface area contributed by atoms with Crippen molar-refractivity contribution in [2.45, 2.75) is 52.2 Å². The molecular weight excluding hydrogens is 178 g/mol. The highest BCUT2D eigenvalue weighted by molar-refractivity contribution is 5.77. The third-order valence-corrected chi connectivity index (χ3v) is 2.66. The average Bonchev–Trinajstić information content (AvgIpc) is 2.10. The second-order valence-corrected chi connectivity index (χ2v) is 4.69. The van der Waals surface area contributed by atoms with Crippen molar-refractivity contribution in [3.63, 3.8) is 0 Å². The summed E-state index contributed by atoms with van der Waals surface area (Å²) >= 11 is 0.